The monoisotopic (exact) mass is 1110 g/mol. The summed E-state index contributed by atoms with van der Waals surface area (Å²) in [5.74, 6) is -0.535. The number of hydrogen-bond donors (Lipinski definition) is 1. The third kappa shape index (κ3) is 58.9. The molecule has 0 spiro atoms. The Morgan fingerprint density at radius 3 is 1.14 bits per heavy atom. The van der Waals surface area contributed by atoms with Crippen LogP contribution < -0.4 is 10.2 Å². The van der Waals surface area contributed by atoms with E-state index in [0.717, 1.165) is 83.5 Å². The van der Waals surface area contributed by atoms with Crippen molar-refractivity contribution in [3.8, 4) is 0 Å². The van der Waals surface area contributed by atoms with E-state index in [-0.39, 0.29) is 31.5 Å². The van der Waals surface area contributed by atoms with E-state index in [1.807, 2.05) is 33.3 Å². The summed E-state index contributed by atoms with van der Waals surface area (Å²) < 4.78 is 30.3. The highest BCUT2D eigenvalue weighted by Crippen LogP contribution is 2.38. The van der Waals surface area contributed by atoms with E-state index in [0.29, 0.717) is 17.4 Å². The number of allylic oxidation sites excluding steroid dienone is 3. The summed E-state index contributed by atoms with van der Waals surface area (Å²) >= 11 is 0. The Hall–Kier alpha value is -1.51. The normalized spacial score (nSPS) is 13.7. The van der Waals surface area contributed by atoms with Crippen molar-refractivity contribution in [1.29, 1.82) is 0 Å². The molecule has 3 atom stereocenters. The van der Waals surface area contributed by atoms with E-state index in [9.17, 15) is 19.0 Å². The van der Waals surface area contributed by atoms with Crippen molar-refractivity contribution < 1.29 is 37.3 Å². The van der Waals surface area contributed by atoms with Crippen molar-refractivity contribution in [3.63, 3.8) is 0 Å². The maximum atomic E-state index is 13.5. The molecule has 10 heteroatoms. The largest absolute Gasteiger partial charge is 0.756 e. The number of amides is 1. The van der Waals surface area contributed by atoms with E-state index >= 15 is 0 Å². The Morgan fingerprint density at radius 1 is 0.442 bits per heavy atom. The molecule has 1 N–H and O–H groups in total. The highest BCUT2D eigenvalue weighted by atomic mass is 31.2. The van der Waals surface area contributed by atoms with Gasteiger partial charge < -0.3 is 28.5 Å². The second-order valence-electron chi connectivity index (χ2n) is 24.3. The summed E-state index contributed by atoms with van der Waals surface area (Å²) in [6.07, 6.45) is 68.9. The van der Waals surface area contributed by atoms with Crippen LogP contribution in [-0.4, -0.2) is 69.4 Å². The number of nitrogens with one attached hydrogen (secondary N) is 1. The van der Waals surface area contributed by atoms with Gasteiger partial charge in [0.1, 0.15) is 19.3 Å². The topological polar surface area (TPSA) is 114 Å². The molecule has 0 saturated heterocycles. The fourth-order valence-corrected chi connectivity index (χ4v) is 10.9. The number of esters is 1. The van der Waals surface area contributed by atoms with Gasteiger partial charge in [-0.3, -0.25) is 14.2 Å². The highest BCUT2D eigenvalue weighted by molar-refractivity contribution is 7.45. The third-order valence-electron chi connectivity index (χ3n) is 15.4. The zero-order chi connectivity index (χ0) is 56.4. The van der Waals surface area contributed by atoms with Crippen LogP contribution in [0.2, 0.25) is 0 Å². The second-order valence-corrected chi connectivity index (χ2v) is 25.7. The molecule has 9 nitrogen and oxygen atoms in total. The van der Waals surface area contributed by atoms with Gasteiger partial charge in [-0.1, -0.05) is 302 Å². The summed E-state index contributed by atoms with van der Waals surface area (Å²) in [6, 6.07) is -0.886. The van der Waals surface area contributed by atoms with Gasteiger partial charge in [0.2, 0.25) is 5.91 Å². The van der Waals surface area contributed by atoms with Crippen molar-refractivity contribution in [1.82, 2.24) is 5.32 Å². The van der Waals surface area contributed by atoms with Crippen molar-refractivity contribution in [3.05, 3.63) is 24.3 Å². The molecule has 0 aromatic heterocycles. The number of phosphoric ester groups is 1. The zero-order valence-electron chi connectivity index (χ0n) is 52.2. The lowest BCUT2D eigenvalue weighted by molar-refractivity contribution is -0.870. The number of carbonyl (C=O) groups excluding carboxylic acids is 2. The predicted octanol–water partition coefficient (Wildman–Crippen LogP) is 20.3. The number of unbranched alkanes of at least 4 members (excludes halogenated alkanes) is 44. The number of hydrogen-bond acceptors (Lipinski definition) is 7. The maximum absolute atomic E-state index is 13.5. The molecule has 0 aliphatic carbocycles. The summed E-state index contributed by atoms with van der Waals surface area (Å²) in [7, 11) is 1.20. The molecule has 456 valence electrons. The molecule has 77 heavy (non-hydrogen) atoms. The minimum atomic E-state index is -4.69. The van der Waals surface area contributed by atoms with E-state index in [1.165, 1.54) is 225 Å². The van der Waals surface area contributed by atoms with Crippen LogP contribution >= 0.6 is 7.82 Å². The Kier molecular flexibility index (Phi) is 56.6. The molecule has 0 bridgehead atoms. The molecule has 0 heterocycles. The molecule has 0 aliphatic heterocycles. The molecule has 1 amide bonds. The van der Waals surface area contributed by atoms with Gasteiger partial charge in [0.25, 0.3) is 7.82 Å². The number of quaternary nitrogens is 1. The quantitative estimate of drug-likeness (QED) is 0.0212. The number of nitrogens with zero attached hydrogens (tertiary/aromatic N) is 1. The van der Waals surface area contributed by atoms with Gasteiger partial charge in [0.15, 0.2) is 0 Å². The van der Waals surface area contributed by atoms with Gasteiger partial charge in [-0.15, -0.1) is 0 Å². The van der Waals surface area contributed by atoms with Gasteiger partial charge >= 0.3 is 5.97 Å². The number of rotatable bonds is 62. The molecule has 0 aromatic carbocycles. The summed E-state index contributed by atoms with van der Waals surface area (Å²) in [5.41, 5.74) is 0. The second kappa shape index (κ2) is 57.7. The molecule has 3 unspecified atom stereocenters. The molecule has 0 aromatic rings. The lowest BCUT2D eigenvalue weighted by atomic mass is 10.0. The summed E-state index contributed by atoms with van der Waals surface area (Å²) in [4.78, 5) is 40.0. The summed E-state index contributed by atoms with van der Waals surface area (Å²) in [5, 5.41) is 3.03. The lowest BCUT2D eigenvalue weighted by Gasteiger charge is -2.30. The third-order valence-corrected chi connectivity index (χ3v) is 16.3. The fourth-order valence-electron chi connectivity index (χ4n) is 10.2. The van der Waals surface area contributed by atoms with Gasteiger partial charge in [-0.05, 0) is 51.0 Å². The maximum Gasteiger partial charge on any atom is 0.306 e. The first-order valence-electron chi connectivity index (χ1n) is 33.6. The smallest absolute Gasteiger partial charge is 0.306 e. The number of likely N-dealkylation sites (N-methyl/N-ethyl adjacent to an activating group) is 1. The SMILES string of the molecule is CCCC/C=C\CCCCCCCC(=O)NC(COP(=O)([O-])OCC[N+](C)(C)C)C(/C=C\CCCCCCCCCCCCC)OC(=O)CCCCCCCCCCCCCCCCCCCCCCCCCCCCC. The van der Waals surface area contributed by atoms with Gasteiger partial charge in [-0.2, -0.15) is 0 Å². The predicted molar refractivity (Wildman–Crippen MR) is 330 cm³/mol. The van der Waals surface area contributed by atoms with Crippen LogP contribution in [0.15, 0.2) is 24.3 Å². The standard InChI is InChI=1S/C67H131N2O7P/c1-7-10-13-16-19-22-25-27-28-29-30-31-32-33-34-35-36-37-38-39-40-42-45-48-51-54-57-60-67(71)76-65(58-55-52-49-46-44-41-26-23-20-17-14-11-8-2)64(63-75-77(72,73)74-62-61-69(4,5)6)68-66(70)59-56-53-50-47-43-24-21-18-15-12-9-3/h18,21,55,58,64-65H,7-17,19-20,22-54,56-57,59-63H2,1-6H3,(H-,68,70,72,73)/b21-18-,58-55-. The van der Waals surface area contributed by atoms with Crippen LogP contribution in [0.3, 0.4) is 0 Å². The number of carbonyl (C=O) groups is 2. The van der Waals surface area contributed by atoms with Gasteiger partial charge in [-0.25, -0.2) is 0 Å². The van der Waals surface area contributed by atoms with Crippen LogP contribution in [0.5, 0.6) is 0 Å². The minimum absolute atomic E-state index is 0.0205. The first kappa shape index (κ1) is 75.5. The fraction of sp³-hybridized carbons (Fsp3) is 0.910. The number of phosphoric acid groups is 1. The highest BCUT2D eigenvalue weighted by Gasteiger charge is 2.27. The average molecular weight is 1110 g/mol. The Morgan fingerprint density at radius 2 is 0.766 bits per heavy atom. The van der Waals surface area contributed by atoms with Crippen molar-refractivity contribution in [2.24, 2.45) is 0 Å². The molecular formula is C67H131N2O7P. The van der Waals surface area contributed by atoms with Crippen molar-refractivity contribution in [2.45, 2.75) is 354 Å². The first-order chi connectivity index (χ1) is 37.4. The zero-order valence-corrected chi connectivity index (χ0v) is 53.1. The van der Waals surface area contributed by atoms with Gasteiger partial charge in [0, 0.05) is 12.8 Å². The van der Waals surface area contributed by atoms with Crippen molar-refractivity contribution in [2.75, 3.05) is 40.9 Å². The molecule has 0 fully saturated rings. The first-order valence-corrected chi connectivity index (χ1v) is 35.1. The van der Waals surface area contributed by atoms with Gasteiger partial charge in [0.05, 0.1) is 33.8 Å². The van der Waals surface area contributed by atoms with E-state index in [2.05, 4.69) is 38.2 Å². The molecular weight excluding hydrogens is 976 g/mol. The lowest BCUT2D eigenvalue weighted by Crippen LogP contribution is -2.47. The van der Waals surface area contributed by atoms with Crippen molar-refractivity contribution >= 4 is 19.7 Å². The Balaban J connectivity index is 4.94. The van der Waals surface area contributed by atoms with Crippen LogP contribution in [-0.2, 0) is 27.9 Å². The van der Waals surface area contributed by atoms with Crippen LogP contribution in [0.25, 0.3) is 0 Å². The van der Waals surface area contributed by atoms with E-state index in [1.54, 1.807) is 0 Å². The number of ether oxygens (including phenoxy) is 1. The molecule has 0 radical (unpaired) electrons. The Labute approximate surface area is 479 Å². The minimum Gasteiger partial charge on any atom is -0.756 e. The Bertz CT molecular complexity index is 1370. The average Bonchev–Trinajstić information content (AvgIpc) is 3.39. The van der Waals surface area contributed by atoms with Crippen LogP contribution in [0.1, 0.15) is 342 Å². The van der Waals surface area contributed by atoms with Crippen LogP contribution in [0, 0.1) is 0 Å². The molecule has 0 aliphatic rings. The van der Waals surface area contributed by atoms with E-state index in [4.69, 9.17) is 13.8 Å². The summed E-state index contributed by atoms with van der Waals surface area (Å²) in [6.45, 7) is 6.85. The molecule has 0 saturated carbocycles. The van der Waals surface area contributed by atoms with E-state index < -0.39 is 20.0 Å². The van der Waals surface area contributed by atoms with Crippen LogP contribution in [0.4, 0.5) is 0 Å². The molecule has 0 rings (SSSR count).